The van der Waals surface area contributed by atoms with Crippen molar-refractivity contribution in [2.45, 2.75) is 31.7 Å². The molecule has 1 saturated carbocycles. The van der Waals surface area contributed by atoms with Gasteiger partial charge in [0.15, 0.2) is 5.69 Å². The van der Waals surface area contributed by atoms with Gasteiger partial charge in [-0.1, -0.05) is 23.4 Å². The molecule has 1 aliphatic carbocycles. The fraction of sp³-hybridized carbons (Fsp3) is 0.444. The summed E-state index contributed by atoms with van der Waals surface area (Å²) >= 11 is 0. The van der Waals surface area contributed by atoms with Gasteiger partial charge < -0.3 is 10.2 Å². The molecule has 2 aliphatic rings. The second kappa shape index (κ2) is 6.66. The molecule has 1 N–H and O–H groups in total. The Labute approximate surface area is 146 Å². The molecular weight excluding hydrogens is 318 g/mol. The van der Waals surface area contributed by atoms with Crippen LogP contribution in [0.15, 0.2) is 36.5 Å². The van der Waals surface area contributed by atoms with Gasteiger partial charge in [-0.2, -0.15) is 0 Å². The van der Waals surface area contributed by atoms with E-state index in [0.717, 1.165) is 31.4 Å². The molecule has 2 heterocycles. The minimum atomic E-state index is -0.103. The van der Waals surface area contributed by atoms with Gasteiger partial charge in [-0.25, -0.2) is 4.68 Å². The van der Waals surface area contributed by atoms with E-state index < -0.39 is 0 Å². The quantitative estimate of drug-likeness (QED) is 0.913. The molecule has 2 amide bonds. The number of piperidine rings is 1. The number of benzene rings is 1. The summed E-state index contributed by atoms with van der Waals surface area (Å²) in [5, 5.41) is 11.2. The predicted molar refractivity (Wildman–Crippen MR) is 91.2 cm³/mol. The number of hydrogen-bond acceptors (Lipinski definition) is 4. The van der Waals surface area contributed by atoms with E-state index in [2.05, 4.69) is 15.6 Å². The summed E-state index contributed by atoms with van der Waals surface area (Å²) in [7, 11) is 0. The average molecular weight is 339 g/mol. The van der Waals surface area contributed by atoms with Crippen molar-refractivity contribution < 1.29 is 9.59 Å². The highest BCUT2D eigenvalue weighted by atomic mass is 16.2. The third kappa shape index (κ3) is 3.55. The molecule has 1 saturated heterocycles. The highest BCUT2D eigenvalue weighted by Gasteiger charge is 2.32. The largest absolute Gasteiger partial charge is 0.353 e. The first kappa shape index (κ1) is 15.8. The van der Waals surface area contributed by atoms with E-state index in [1.165, 1.54) is 0 Å². The summed E-state index contributed by atoms with van der Waals surface area (Å²) in [4.78, 5) is 26.2. The van der Waals surface area contributed by atoms with Crippen LogP contribution in [-0.2, 0) is 4.79 Å². The summed E-state index contributed by atoms with van der Waals surface area (Å²) in [5.41, 5.74) is 1.22. The van der Waals surface area contributed by atoms with Crippen molar-refractivity contribution in [1.29, 1.82) is 0 Å². The molecule has 7 heteroatoms. The summed E-state index contributed by atoms with van der Waals surface area (Å²) in [6.07, 6.45) is 5.27. The number of carbonyl (C=O) groups is 2. The van der Waals surface area contributed by atoms with Crippen molar-refractivity contribution in [2.24, 2.45) is 5.92 Å². The molecule has 7 nitrogen and oxygen atoms in total. The van der Waals surface area contributed by atoms with E-state index >= 15 is 0 Å². The van der Waals surface area contributed by atoms with Crippen molar-refractivity contribution in [3.8, 4) is 5.69 Å². The van der Waals surface area contributed by atoms with Crippen LogP contribution in [0.4, 0.5) is 0 Å². The number of hydrogen-bond donors (Lipinski definition) is 1. The maximum absolute atomic E-state index is 12.6. The van der Waals surface area contributed by atoms with Gasteiger partial charge in [0.1, 0.15) is 0 Å². The first-order valence-electron chi connectivity index (χ1n) is 8.78. The van der Waals surface area contributed by atoms with Crippen LogP contribution in [-0.4, -0.2) is 50.8 Å². The lowest BCUT2D eigenvalue weighted by Gasteiger charge is -2.31. The number of amides is 2. The SMILES string of the molecule is O=C(NC1CCN(C(=O)c2cn(-c3ccccc3)nn2)CC1)C1CC1. The Morgan fingerprint density at radius 2 is 1.76 bits per heavy atom. The van der Waals surface area contributed by atoms with Crippen molar-refractivity contribution >= 4 is 11.8 Å². The lowest BCUT2D eigenvalue weighted by atomic mass is 10.0. The Hall–Kier alpha value is -2.70. The molecule has 0 radical (unpaired) electrons. The normalized spacial score (nSPS) is 18.2. The fourth-order valence-corrected chi connectivity index (χ4v) is 3.12. The number of likely N-dealkylation sites (tertiary alicyclic amines) is 1. The van der Waals surface area contributed by atoms with Crippen LogP contribution in [0.5, 0.6) is 0 Å². The zero-order valence-corrected chi connectivity index (χ0v) is 14.0. The van der Waals surface area contributed by atoms with Crippen LogP contribution < -0.4 is 5.32 Å². The minimum absolute atomic E-state index is 0.103. The van der Waals surface area contributed by atoms with Crippen molar-refractivity contribution in [2.75, 3.05) is 13.1 Å². The monoisotopic (exact) mass is 339 g/mol. The number of nitrogens with zero attached hydrogens (tertiary/aromatic N) is 4. The van der Waals surface area contributed by atoms with Crippen LogP contribution in [0.3, 0.4) is 0 Å². The molecule has 0 atom stereocenters. The van der Waals surface area contributed by atoms with Gasteiger partial charge >= 0.3 is 0 Å². The van der Waals surface area contributed by atoms with E-state index in [1.54, 1.807) is 15.8 Å². The molecule has 2 fully saturated rings. The number of carbonyl (C=O) groups excluding carboxylic acids is 2. The van der Waals surface area contributed by atoms with E-state index in [9.17, 15) is 9.59 Å². The lowest BCUT2D eigenvalue weighted by Crippen LogP contribution is -2.47. The second-order valence-electron chi connectivity index (χ2n) is 6.73. The van der Waals surface area contributed by atoms with E-state index in [4.69, 9.17) is 0 Å². The molecule has 1 aromatic carbocycles. The molecule has 1 aliphatic heterocycles. The number of rotatable bonds is 4. The number of aromatic nitrogens is 3. The second-order valence-corrected chi connectivity index (χ2v) is 6.73. The van der Waals surface area contributed by atoms with E-state index in [-0.39, 0.29) is 23.8 Å². The van der Waals surface area contributed by atoms with Gasteiger partial charge in [-0.15, -0.1) is 5.10 Å². The minimum Gasteiger partial charge on any atom is -0.353 e. The van der Waals surface area contributed by atoms with Crippen LogP contribution >= 0.6 is 0 Å². The predicted octanol–water partition coefficient (Wildman–Crippen LogP) is 1.40. The summed E-state index contributed by atoms with van der Waals surface area (Å²) < 4.78 is 1.61. The summed E-state index contributed by atoms with van der Waals surface area (Å²) in [6, 6.07) is 9.77. The zero-order chi connectivity index (χ0) is 17.2. The van der Waals surface area contributed by atoms with E-state index in [1.807, 2.05) is 30.3 Å². The van der Waals surface area contributed by atoms with E-state index in [0.29, 0.717) is 18.8 Å². The first-order chi connectivity index (χ1) is 12.2. The molecule has 0 bridgehead atoms. The first-order valence-corrected chi connectivity index (χ1v) is 8.78. The molecule has 4 rings (SSSR count). The molecular formula is C18H21N5O2. The van der Waals surface area contributed by atoms with Gasteiger partial charge in [-0.05, 0) is 37.8 Å². The van der Waals surface area contributed by atoms with Crippen LogP contribution in [0.1, 0.15) is 36.2 Å². The van der Waals surface area contributed by atoms with Crippen LogP contribution in [0.2, 0.25) is 0 Å². The van der Waals surface area contributed by atoms with Gasteiger partial charge in [0, 0.05) is 25.0 Å². The standard InChI is InChI=1S/C18H21N5O2/c24-17(13-6-7-13)19-14-8-10-22(11-9-14)18(25)16-12-23(21-20-16)15-4-2-1-3-5-15/h1-5,12-14H,6-11H2,(H,19,24). The van der Waals surface area contributed by atoms with Gasteiger partial charge in [0.05, 0.1) is 11.9 Å². The Kier molecular flexibility index (Phi) is 4.21. The Bertz CT molecular complexity index is 761. The Morgan fingerprint density at radius 3 is 2.44 bits per heavy atom. The van der Waals surface area contributed by atoms with Crippen molar-refractivity contribution in [3.63, 3.8) is 0 Å². The maximum atomic E-state index is 12.6. The molecule has 0 unspecified atom stereocenters. The molecule has 0 spiro atoms. The molecule has 130 valence electrons. The van der Waals surface area contributed by atoms with Gasteiger partial charge in [0.2, 0.25) is 5.91 Å². The third-order valence-electron chi connectivity index (χ3n) is 4.81. The van der Waals surface area contributed by atoms with Crippen molar-refractivity contribution in [1.82, 2.24) is 25.2 Å². The lowest BCUT2D eigenvalue weighted by molar-refractivity contribution is -0.123. The molecule has 1 aromatic heterocycles. The number of nitrogens with one attached hydrogen (secondary N) is 1. The zero-order valence-electron chi connectivity index (χ0n) is 14.0. The topological polar surface area (TPSA) is 80.1 Å². The van der Waals surface area contributed by atoms with Crippen LogP contribution in [0.25, 0.3) is 5.69 Å². The smallest absolute Gasteiger partial charge is 0.276 e. The molecule has 25 heavy (non-hydrogen) atoms. The average Bonchev–Trinajstić information content (AvgIpc) is 3.39. The van der Waals surface area contributed by atoms with Crippen LogP contribution in [0, 0.1) is 5.92 Å². The third-order valence-corrected chi connectivity index (χ3v) is 4.81. The maximum Gasteiger partial charge on any atom is 0.276 e. The highest BCUT2D eigenvalue weighted by Crippen LogP contribution is 2.29. The van der Waals surface area contributed by atoms with Gasteiger partial charge in [0.25, 0.3) is 5.91 Å². The Balaban J connectivity index is 1.34. The fourth-order valence-electron chi connectivity index (χ4n) is 3.12. The van der Waals surface area contributed by atoms with Gasteiger partial charge in [-0.3, -0.25) is 9.59 Å². The molecule has 2 aromatic rings. The number of para-hydroxylation sites is 1. The summed E-state index contributed by atoms with van der Waals surface area (Å²) in [5.74, 6) is 0.303. The Morgan fingerprint density at radius 1 is 1.04 bits per heavy atom. The van der Waals surface area contributed by atoms with Crippen molar-refractivity contribution in [3.05, 3.63) is 42.2 Å². The highest BCUT2D eigenvalue weighted by molar-refractivity contribution is 5.92. The summed E-state index contributed by atoms with van der Waals surface area (Å²) in [6.45, 7) is 1.26.